The number of halogens is 1. The molecule has 0 amide bonds. The van der Waals surface area contributed by atoms with Crippen LogP contribution in [0.1, 0.15) is 6.92 Å². The number of thioether (sulfide) groups is 1. The van der Waals surface area contributed by atoms with Crippen molar-refractivity contribution < 1.29 is 0 Å². The molecule has 1 aromatic rings. The smallest absolute Gasteiger partial charge is 0.128 e. The molecule has 2 nitrogen and oxygen atoms in total. The highest BCUT2D eigenvalue weighted by Crippen LogP contribution is 2.20. The maximum absolute atomic E-state index is 4.07. The van der Waals surface area contributed by atoms with Crippen LogP contribution in [0.3, 0.4) is 0 Å². The average Bonchev–Trinajstić information content (AvgIpc) is 2.30. The van der Waals surface area contributed by atoms with Crippen LogP contribution in [-0.2, 0) is 6.54 Å². The average molecular weight is 267 g/mol. The number of hydrogen-bond donors (Lipinski definition) is 0. The topological polar surface area (TPSA) is 17.8 Å². The van der Waals surface area contributed by atoms with E-state index in [0.29, 0.717) is 0 Å². The van der Waals surface area contributed by atoms with Crippen LogP contribution in [-0.4, -0.2) is 16.0 Å². The maximum Gasteiger partial charge on any atom is 0.128 e. The van der Waals surface area contributed by atoms with E-state index in [4.69, 9.17) is 0 Å². The third kappa shape index (κ3) is 1.47. The van der Waals surface area contributed by atoms with Crippen molar-refractivity contribution in [2.75, 3.05) is 6.26 Å². The molecule has 0 aliphatic heterocycles. The quantitative estimate of drug-likeness (QED) is 0.602. The molecule has 0 aliphatic carbocycles. The lowest BCUT2D eigenvalue weighted by molar-refractivity contribution is 0.603. The number of nitrogens with zero attached hydrogens (tertiary/aromatic N) is 2. The molecule has 0 N–H and O–H groups in total. The van der Waals surface area contributed by atoms with Crippen LogP contribution >= 0.6 is 34.4 Å². The first-order valence-corrected chi connectivity index (χ1v) is 5.28. The van der Waals surface area contributed by atoms with E-state index in [1.165, 1.54) is 5.03 Å². The molecule has 1 heterocycles. The van der Waals surface area contributed by atoms with Gasteiger partial charge in [0.15, 0.2) is 0 Å². The Balaban J connectivity index is 3.01. The second-order valence-corrected chi connectivity index (χ2v) is 3.62. The molecular formula is C6H8IN2S. The van der Waals surface area contributed by atoms with Gasteiger partial charge in [-0.15, -0.1) is 11.8 Å². The molecule has 0 fully saturated rings. The molecular weight excluding hydrogens is 259 g/mol. The predicted molar refractivity (Wildman–Crippen MR) is 51.2 cm³/mol. The van der Waals surface area contributed by atoms with Crippen LogP contribution in [0.4, 0.5) is 0 Å². The normalized spacial score (nSPS) is 10.3. The highest BCUT2D eigenvalue weighted by atomic mass is 127. The molecule has 4 heteroatoms. The zero-order valence-corrected chi connectivity index (χ0v) is 8.86. The van der Waals surface area contributed by atoms with Gasteiger partial charge in [0, 0.05) is 6.54 Å². The van der Waals surface area contributed by atoms with E-state index in [0.717, 1.165) is 10.1 Å². The summed E-state index contributed by atoms with van der Waals surface area (Å²) in [4.78, 5) is 0. The van der Waals surface area contributed by atoms with Crippen LogP contribution in [0.5, 0.6) is 0 Å². The molecule has 0 saturated heterocycles. The number of rotatable bonds is 2. The van der Waals surface area contributed by atoms with E-state index in [1.54, 1.807) is 11.8 Å². The summed E-state index contributed by atoms with van der Waals surface area (Å²) in [6.45, 7) is 3.01. The highest BCUT2D eigenvalue weighted by molar-refractivity contribution is 14.1. The van der Waals surface area contributed by atoms with Gasteiger partial charge in [-0.25, -0.2) is 0 Å². The summed E-state index contributed by atoms with van der Waals surface area (Å²) in [6.07, 6.45) is 4.97. The van der Waals surface area contributed by atoms with E-state index in [9.17, 15) is 0 Å². The van der Waals surface area contributed by atoms with Gasteiger partial charge >= 0.3 is 0 Å². The van der Waals surface area contributed by atoms with E-state index in [2.05, 4.69) is 47.1 Å². The van der Waals surface area contributed by atoms with E-state index >= 15 is 0 Å². The van der Waals surface area contributed by atoms with Gasteiger partial charge in [0.2, 0.25) is 0 Å². The Labute approximate surface area is 78.5 Å². The monoisotopic (exact) mass is 267 g/mol. The van der Waals surface area contributed by atoms with E-state index < -0.39 is 0 Å². The maximum atomic E-state index is 4.07. The summed E-state index contributed by atoms with van der Waals surface area (Å²) >= 11 is 3.96. The van der Waals surface area contributed by atoms with Gasteiger partial charge in [0.05, 0.1) is 3.57 Å². The van der Waals surface area contributed by atoms with Crippen LogP contribution in [0.15, 0.2) is 5.03 Å². The lowest BCUT2D eigenvalue weighted by Gasteiger charge is -1.99. The second-order valence-electron chi connectivity index (χ2n) is 1.75. The SMILES string of the molecule is CCn1n[c]c(I)c1SC. The largest absolute Gasteiger partial charge is 0.258 e. The molecule has 0 bridgehead atoms. The third-order valence-corrected chi connectivity index (χ3v) is 3.10. The summed E-state index contributed by atoms with van der Waals surface area (Å²) in [5.74, 6) is 0. The summed E-state index contributed by atoms with van der Waals surface area (Å²) in [6, 6.07) is 0. The first kappa shape index (κ1) is 8.39. The molecule has 0 aliphatic rings. The fourth-order valence-electron chi connectivity index (χ4n) is 0.720. The van der Waals surface area contributed by atoms with Gasteiger partial charge in [-0.2, -0.15) is 5.10 Å². The molecule has 0 aromatic carbocycles. The van der Waals surface area contributed by atoms with Crippen molar-refractivity contribution in [1.29, 1.82) is 0 Å². The van der Waals surface area contributed by atoms with Crippen molar-refractivity contribution in [1.82, 2.24) is 9.78 Å². The van der Waals surface area contributed by atoms with Crippen molar-refractivity contribution in [3.05, 3.63) is 9.77 Å². The number of aromatic nitrogens is 2. The molecule has 0 spiro atoms. The molecule has 0 unspecified atom stereocenters. The molecule has 55 valence electrons. The van der Waals surface area contributed by atoms with Gasteiger partial charge in [-0.05, 0) is 35.8 Å². The Bertz CT molecular complexity index is 222. The van der Waals surface area contributed by atoms with E-state index in [-0.39, 0.29) is 0 Å². The molecule has 1 aromatic heterocycles. The third-order valence-electron chi connectivity index (χ3n) is 1.18. The predicted octanol–water partition coefficient (Wildman–Crippen LogP) is 2.03. The van der Waals surface area contributed by atoms with Gasteiger partial charge in [-0.1, -0.05) is 0 Å². The van der Waals surface area contributed by atoms with Crippen LogP contribution in [0.25, 0.3) is 0 Å². The summed E-state index contributed by atoms with van der Waals surface area (Å²) in [5, 5.41) is 5.28. The lowest BCUT2D eigenvalue weighted by atomic mass is 10.7. The number of hydrogen-bond acceptors (Lipinski definition) is 2. The fraction of sp³-hybridized carbons (Fsp3) is 0.500. The Kier molecular flexibility index (Phi) is 3.03. The Morgan fingerprint density at radius 1 is 1.80 bits per heavy atom. The minimum Gasteiger partial charge on any atom is -0.258 e. The minimum absolute atomic E-state index is 0.926. The van der Waals surface area contributed by atoms with E-state index in [1.807, 2.05) is 4.68 Å². The van der Waals surface area contributed by atoms with Crippen molar-refractivity contribution in [2.45, 2.75) is 18.5 Å². The minimum atomic E-state index is 0.926. The standard InChI is InChI=1S/C6H8IN2S/c1-3-9-6(10-2)5(7)4-8-9/h3H2,1-2H3. The van der Waals surface area contributed by atoms with Crippen LogP contribution < -0.4 is 0 Å². The highest BCUT2D eigenvalue weighted by Gasteiger charge is 2.04. The zero-order valence-electron chi connectivity index (χ0n) is 5.89. The first-order chi connectivity index (χ1) is 4.79. The van der Waals surface area contributed by atoms with Gasteiger partial charge in [0.25, 0.3) is 0 Å². The molecule has 0 atom stereocenters. The summed E-state index contributed by atoms with van der Waals surface area (Å²) in [7, 11) is 0. The van der Waals surface area contributed by atoms with Crippen LogP contribution in [0, 0.1) is 9.77 Å². The fourth-order valence-corrected chi connectivity index (χ4v) is 2.37. The number of aryl methyl sites for hydroxylation is 1. The summed E-state index contributed by atoms with van der Waals surface area (Å²) < 4.78 is 3.07. The molecule has 1 rings (SSSR count). The van der Waals surface area contributed by atoms with Gasteiger partial charge in [-0.3, -0.25) is 4.68 Å². The van der Waals surface area contributed by atoms with Gasteiger partial charge < -0.3 is 0 Å². The Morgan fingerprint density at radius 2 is 2.50 bits per heavy atom. The Hall–Kier alpha value is 0.290. The summed E-state index contributed by atoms with van der Waals surface area (Å²) in [5.41, 5.74) is 0. The van der Waals surface area contributed by atoms with Crippen molar-refractivity contribution in [2.24, 2.45) is 0 Å². The molecule has 10 heavy (non-hydrogen) atoms. The first-order valence-electron chi connectivity index (χ1n) is 2.97. The van der Waals surface area contributed by atoms with Crippen molar-refractivity contribution in [3.8, 4) is 0 Å². The van der Waals surface area contributed by atoms with Crippen molar-refractivity contribution in [3.63, 3.8) is 0 Å². The van der Waals surface area contributed by atoms with Crippen molar-refractivity contribution >= 4 is 34.4 Å². The molecule has 1 radical (unpaired) electrons. The molecule has 0 saturated carbocycles. The second kappa shape index (κ2) is 3.61. The Morgan fingerprint density at radius 3 is 2.90 bits per heavy atom. The van der Waals surface area contributed by atoms with Gasteiger partial charge in [0.1, 0.15) is 11.2 Å². The lowest BCUT2D eigenvalue weighted by Crippen LogP contribution is -1.97. The zero-order chi connectivity index (χ0) is 7.56. The van der Waals surface area contributed by atoms with Crippen LogP contribution in [0.2, 0.25) is 0 Å².